The highest BCUT2D eigenvalue weighted by Gasteiger charge is 2.07. The van der Waals surface area contributed by atoms with Gasteiger partial charge in [-0.15, -0.1) is 0 Å². The van der Waals surface area contributed by atoms with Crippen molar-refractivity contribution in [2.45, 2.75) is 0 Å². The van der Waals surface area contributed by atoms with Gasteiger partial charge in [-0.05, 0) is 24.3 Å². The normalized spacial score (nSPS) is 10.2. The number of carbonyl (C=O) groups is 1. The standard InChI is InChI=1S/C13H12BrNO2/c1-15-6-5-10(8-15)13(16)9-17-12-4-2-3-11(14)7-12/h2-8H,9H2,1H3. The van der Waals surface area contributed by atoms with Crippen molar-refractivity contribution in [2.24, 2.45) is 7.05 Å². The lowest BCUT2D eigenvalue weighted by Gasteiger charge is -2.04. The number of ketones is 1. The molecule has 0 aliphatic carbocycles. The maximum Gasteiger partial charge on any atom is 0.201 e. The number of aryl methyl sites for hydroxylation is 1. The second-order valence-corrected chi connectivity index (χ2v) is 4.65. The first-order valence-electron chi connectivity index (χ1n) is 5.19. The summed E-state index contributed by atoms with van der Waals surface area (Å²) in [4.78, 5) is 11.8. The van der Waals surface area contributed by atoms with Crippen molar-refractivity contribution >= 4 is 21.7 Å². The van der Waals surface area contributed by atoms with Gasteiger partial charge in [-0.1, -0.05) is 22.0 Å². The molecule has 3 nitrogen and oxygen atoms in total. The van der Waals surface area contributed by atoms with Crippen LogP contribution >= 0.6 is 15.9 Å². The predicted molar refractivity (Wildman–Crippen MR) is 69.4 cm³/mol. The first kappa shape index (κ1) is 11.9. The molecule has 0 fully saturated rings. The molecular weight excluding hydrogens is 282 g/mol. The van der Waals surface area contributed by atoms with Gasteiger partial charge in [0, 0.05) is 29.5 Å². The summed E-state index contributed by atoms with van der Waals surface area (Å²) in [5.74, 6) is 0.661. The van der Waals surface area contributed by atoms with Crippen LogP contribution in [0.5, 0.6) is 5.75 Å². The number of nitrogens with zero attached hydrogens (tertiary/aromatic N) is 1. The number of hydrogen-bond donors (Lipinski definition) is 0. The van der Waals surface area contributed by atoms with Crippen molar-refractivity contribution in [2.75, 3.05) is 6.61 Å². The Labute approximate surface area is 108 Å². The minimum absolute atomic E-state index is 0.0226. The molecule has 2 aromatic rings. The Balaban J connectivity index is 1.97. The number of Topliss-reactive ketones (excluding diaryl/α,β-unsaturated/α-hetero) is 1. The summed E-state index contributed by atoms with van der Waals surface area (Å²) < 4.78 is 8.20. The summed E-state index contributed by atoms with van der Waals surface area (Å²) in [6.45, 7) is 0.0560. The number of halogens is 1. The van der Waals surface area contributed by atoms with E-state index in [-0.39, 0.29) is 12.4 Å². The van der Waals surface area contributed by atoms with E-state index < -0.39 is 0 Å². The largest absolute Gasteiger partial charge is 0.485 e. The molecule has 17 heavy (non-hydrogen) atoms. The van der Waals surface area contributed by atoms with Crippen molar-refractivity contribution in [3.8, 4) is 5.75 Å². The van der Waals surface area contributed by atoms with Gasteiger partial charge >= 0.3 is 0 Å². The third kappa shape index (κ3) is 3.20. The highest BCUT2D eigenvalue weighted by Crippen LogP contribution is 2.17. The van der Waals surface area contributed by atoms with Gasteiger partial charge in [0.15, 0.2) is 6.61 Å². The SMILES string of the molecule is Cn1ccc(C(=O)COc2cccc(Br)c2)c1. The summed E-state index contributed by atoms with van der Waals surface area (Å²) in [6, 6.07) is 9.21. The van der Waals surface area contributed by atoms with E-state index in [0.29, 0.717) is 11.3 Å². The second kappa shape index (κ2) is 5.19. The fraction of sp³-hybridized carbons (Fsp3) is 0.154. The van der Waals surface area contributed by atoms with E-state index in [1.54, 1.807) is 12.3 Å². The Morgan fingerprint density at radius 3 is 2.88 bits per heavy atom. The first-order chi connectivity index (χ1) is 8.15. The molecule has 0 aliphatic rings. The van der Waals surface area contributed by atoms with Gasteiger partial charge in [0.05, 0.1) is 0 Å². The van der Waals surface area contributed by atoms with Crippen molar-refractivity contribution in [1.82, 2.24) is 4.57 Å². The highest BCUT2D eigenvalue weighted by molar-refractivity contribution is 9.10. The Hall–Kier alpha value is -1.55. The summed E-state index contributed by atoms with van der Waals surface area (Å²) in [7, 11) is 1.88. The van der Waals surface area contributed by atoms with Crippen LogP contribution in [-0.4, -0.2) is 17.0 Å². The van der Waals surface area contributed by atoms with Crippen LogP contribution < -0.4 is 4.74 Å². The van der Waals surface area contributed by atoms with Crippen LogP contribution in [0.25, 0.3) is 0 Å². The molecule has 1 aromatic carbocycles. The molecule has 0 atom stereocenters. The molecule has 1 heterocycles. The number of carbonyl (C=O) groups excluding carboxylic acids is 1. The van der Waals surface area contributed by atoms with E-state index in [0.717, 1.165) is 4.47 Å². The third-order valence-corrected chi connectivity index (χ3v) is 2.81. The van der Waals surface area contributed by atoms with Crippen molar-refractivity contribution in [1.29, 1.82) is 0 Å². The number of ether oxygens (including phenoxy) is 1. The quantitative estimate of drug-likeness (QED) is 0.812. The predicted octanol–water partition coefficient (Wildman–Crippen LogP) is 3.05. The molecule has 88 valence electrons. The Bertz CT molecular complexity index is 534. The zero-order chi connectivity index (χ0) is 12.3. The molecule has 4 heteroatoms. The zero-order valence-corrected chi connectivity index (χ0v) is 11.0. The molecule has 1 aromatic heterocycles. The topological polar surface area (TPSA) is 31.2 Å². The molecule has 0 N–H and O–H groups in total. The van der Waals surface area contributed by atoms with Gasteiger partial charge in [0.2, 0.25) is 5.78 Å². The van der Waals surface area contributed by atoms with Crippen molar-refractivity contribution in [3.63, 3.8) is 0 Å². The van der Waals surface area contributed by atoms with Crippen LogP contribution in [-0.2, 0) is 7.05 Å². The summed E-state index contributed by atoms with van der Waals surface area (Å²) in [5, 5.41) is 0. The van der Waals surface area contributed by atoms with E-state index in [1.165, 1.54) is 0 Å². The second-order valence-electron chi connectivity index (χ2n) is 3.73. The van der Waals surface area contributed by atoms with E-state index in [1.807, 2.05) is 42.1 Å². The van der Waals surface area contributed by atoms with Gasteiger partial charge in [-0.3, -0.25) is 4.79 Å². The van der Waals surface area contributed by atoms with E-state index in [9.17, 15) is 4.79 Å². The van der Waals surface area contributed by atoms with Gasteiger partial charge in [-0.25, -0.2) is 0 Å². The smallest absolute Gasteiger partial charge is 0.201 e. The third-order valence-electron chi connectivity index (χ3n) is 2.32. The van der Waals surface area contributed by atoms with Crippen LogP contribution in [0.15, 0.2) is 47.2 Å². The fourth-order valence-corrected chi connectivity index (χ4v) is 1.84. The Morgan fingerprint density at radius 2 is 2.24 bits per heavy atom. The van der Waals surface area contributed by atoms with Crippen LogP contribution in [0.3, 0.4) is 0 Å². The molecule has 0 saturated carbocycles. The van der Waals surface area contributed by atoms with Gasteiger partial charge in [0.25, 0.3) is 0 Å². The molecule has 0 amide bonds. The van der Waals surface area contributed by atoms with Crippen LogP contribution in [0.4, 0.5) is 0 Å². The average molecular weight is 294 g/mol. The monoisotopic (exact) mass is 293 g/mol. The molecule has 0 aliphatic heterocycles. The van der Waals surface area contributed by atoms with Crippen LogP contribution in [0, 0.1) is 0 Å². The maximum absolute atomic E-state index is 11.8. The van der Waals surface area contributed by atoms with E-state index in [2.05, 4.69) is 15.9 Å². The molecule has 0 unspecified atom stereocenters. The molecule has 0 bridgehead atoms. The zero-order valence-electron chi connectivity index (χ0n) is 9.39. The summed E-state index contributed by atoms with van der Waals surface area (Å²) >= 11 is 3.35. The van der Waals surface area contributed by atoms with Gasteiger partial charge in [0.1, 0.15) is 5.75 Å². The lowest BCUT2D eigenvalue weighted by atomic mass is 10.2. The van der Waals surface area contributed by atoms with Gasteiger partial charge < -0.3 is 9.30 Å². The molecule has 0 saturated heterocycles. The highest BCUT2D eigenvalue weighted by atomic mass is 79.9. The fourth-order valence-electron chi connectivity index (χ4n) is 1.46. The minimum Gasteiger partial charge on any atom is -0.485 e. The average Bonchev–Trinajstić information content (AvgIpc) is 2.73. The number of rotatable bonds is 4. The lowest BCUT2D eigenvalue weighted by molar-refractivity contribution is 0.0921. The number of benzene rings is 1. The summed E-state index contributed by atoms with van der Waals surface area (Å²) in [6.07, 6.45) is 3.62. The number of hydrogen-bond acceptors (Lipinski definition) is 2. The Morgan fingerprint density at radius 1 is 1.41 bits per heavy atom. The molecule has 0 spiro atoms. The van der Waals surface area contributed by atoms with Gasteiger partial charge in [-0.2, -0.15) is 0 Å². The molecular formula is C13H12BrNO2. The minimum atomic E-state index is -0.0226. The van der Waals surface area contributed by atoms with E-state index >= 15 is 0 Å². The van der Waals surface area contributed by atoms with Crippen LogP contribution in [0.1, 0.15) is 10.4 Å². The lowest BCUT2D eigenvalue weighted by Crippen LogP contribution is -2.10. The number of aromatic nitrogens is 1. The van der Waals surface area contributed by atoms with Crippen molar-refractivity contribution in [3.05, 3.63) is 52.8 Å². The first-order valence-corrected chi connectivity index (χ1v) is 5.98. The van der Waals surface area contributed by atoms with E-state index in [4.69, 9.17) is 4.74 Å². The Kier molecular flexibility index (Phi) is 3.64. The van der Waals surface area contributed by atoms with Crippen LogP contribution in [0.2, 0.25) is 0 Å². The summed E-state index contributed by atoms with van der Waals surface area (Å²) in [5.41, 5.74) is 0.669. The molecule has 0 radical (unpaired) electrons. The molecule has 2 rings (SSSR count). The maximum atomic E-state index is 11.8. The van der Waals surface area contributed by atoms with Crippen molar-refractivity contribution < 1.29 is 9.53 Å².